The van der Waals surface area contributed by atoms with Crippen molar-refractivity contribution in [3.05, 3.63) is 62.3 Å². The largest absolute Gasteiger partial charge is 0.426 e. The van der Waals surface area contributed by atoms with Crippen LogP contribution in [0.1, 0.15) is 5.56 Å². The fourth-order valence-electron chi connectivity index (χ4n) is 1.56. The van der Waals surface area contributed by atoms with Crippen molar-refractivity contribution in [2.75, 3.05) is 0 Å². The molecule has 0 unspecified atom stereocenters. The zero-order valence-electron chi connectivity index (χ0n) is 10.3. The molecule has 0 aliphatic heterocycles. The van der Waals surface area contributed by atoms with E-state index in [9.17, 15) is 20.2 Å². The molecule has 1 aromatic heterocycles. The van der Waals surface area contributed by atoms with Gasteiger partial charge in [0.15, 0.2) is 0 Å². The van der Waals surface area contributed by atoms with E-state index in [-0.39, 0.29) is 23.0 Å². The molecule has 2 aromatic rings. The third-order valence-electron chi connectivity index (χ3n) is 2.47. The molecule has 1 aromatic carbocycles. The smallest absolute Gasteiger partial charge is 0.331 e. The summed E-state index contributed by atoms with van der Waals surface area (Å²) in [5, 5.41) is 21.8. The van der Waals surface area contributed by atoms with Crippen molar-refractivity contribution in [2.24, 2.45) is 0 Å². The summed E-state index contributed by atoms with van der Waals surface area (Å²) in [4.78, 5) is 24.2. The average Bonchev–Trinajstić information content (AvgIpc) is 2.38. The van der Waals surface area contributed by atoms with Crippen LogP contribution in [0.3, 0.4) is 0 Å². The van der Waals surface area contributed by atoms with Gasteiger partial charge in [-0.05, 0) is 24.6 Å². The molecule has 102 valence electrons. The SMILES string of the molecule is Cc1ccc([N+](=O)[O-])c(Oc2ncccc2[N+](=O)[O-])c1. The summed E-state index contributed by atoms with van der Waals surface area (Å²) in [6.07, 6.45) is 1.31. The van der Waals surface area contributed by atoms with Crippen LogP contribution in [-0.4, -0.2) is 14.8 Å². The van der Waals surface area contributed by atoms with Crippen molar-refractivity contribution in [3.63, 3.8) is 0 Å². The predicted molar refractivity (Wildman–Crippen MR) is 68.8 cm³/mol. The van der Waals surface area contributed by atoms with Crippen molar-refractivity contribution in [2.45, 2.75) is 6.92 Å². The lowest BCUT2D eigenvalue weighted by molar-refractivity contribution is -0.387. The third-order valence-corrected chi connectivity index (χ3v) is 2.47. The van der Waals surface area contributed by atoms with E-state index in [1.807, 2.05) is 0 Å². The van der Waals surface area contributed by atoms with Gasteiger partial charge >= 0.3 is 11.4 Å². The van der Waals surface area contributed by atoms with Gasteiger partial charge in [-0.2, -0.15) is 0 Å². The summed E-state index contributed by atoms with van der Waals surface area (Å²) >= 11 is 0. The Bertz CT molecular complexity index is 687. The number of rotatable bonds is 4. The van der Waals surface area contributed by atoms with Crippen LogP contribution in [0.15, 0.2) is 36.5 Å². The van der Waals surface area contributed by atoms with Crippen LogP contribution in [0, 0.1) is 27.2 Å². The maximum Gasteiger partial charge on any atom is 0.331 e. The molecule has 0 atom stereocenters. The molecule has 8 nitrogen and oxygen atoms in total. The first-order valence-electron chi connectivity index (χ1n) is 5.51. The van der Waals surface area contributed by atoms with Gasteiger partial charge in [-0.15, -0.1) is 0 Å². The molecule has 0 fully saturated rings. The second-order valence-corrected chi connectivity index (χ2v) is 3.92. The molecular formula is C12H9N3O5. The minimum Gasteiger partial charge on any atom is -0.426 e. The number of aromatic nitrogens is 1. The first kappa shape index (κ1) is 13.4. The number of ether oxygens (including phenoxy) is 1. The van der Waals surface area contributed by atoms with E-state index in [0.717, 1.165) is 5.56 Å². The molecule has 0 saturated carbocycles. The van der Waals surface area contributed by atoms with Gasteiger partial charge < -0.3 is 4.74 Å². The van der Waals surface area contributed by atoms with Crippen LogP contribution >= 0.6 is 0 Å². The molecule has 20 heavy (non-hydrogen) atoms. The van der Waals surface area contributed by atoms with E-state index in [1.54, 1.807) is 13.0 Å². The van der Waals surface area contributed by atoms with Crippen molar-refractivity contribution < 1.29 is 14.6 Å². The highest BCUT2D eigenvalue weighted by molar-refractivity contribution is 5.52. The third kappa shape index (κ3) is 2.69. The zero-order valence-corrected chi connectivity index (χ0v) is 10.3. The topological polar surface area (TPSA) is 108 Å². The second kappa shape index (κ2) is 5.31. The minimum atomic E-state index is -0.663. The number of pyridine rings is 1. The van der Waals surface area contributed by atoms with Gasteiger partial charge in [-0.1, -0.05) is 6.07 Å². The summed E-state index contributed by atoms with van der Waals surface area (Å²) in [5.74, 6) is -0.372. The van der Waals surface area contributed by atoms with Gasteiger partial charge in [0, 0.05) is 18.3 Å². The van der Waals surface area contributed by atoms with Crippen molar-refractivity contribution >= 4 is 11.4 Å². The Kier molecular flexibility index (Phi) is 3.56. The fourth-order valence-corrected chi connectivity index (χ4v) is 1.56. The Hall–Kier alpha value is -3.03. The molecule has 1 heterocycles. The van der Waals surface area contributed by atoms with Gasteiger partial charge in [0.1, 0.15) is 0 Å². The number of nitro benzene ring substituents is 1. The molecule has 0 N–H and O–H groups in total. The molecule has 0 bridgehead atoms. The number of benzene rings is 1. The maximum absolute atomic E-state index is 10.9. The average molecular weight is 275 g/mol. The summed E-state index contributed by atoms with van der Waals surface area (Å²) in [6.45, 7) is 1.73. The Labute approximate surface area is 112 Å². The lowest BCUT2D eigenvalue weighted by atomic mass is 10.2. The standard InChI is InChI=1S/C12H9N3O5/c1-8-4-5-9(14(16)17)11(7-8)20-12-10(15(18)19)3-2-6-13-12/h2-7H,1H3. The molecule has 0 spiro atoms. The molecule has 0 amide bonds. The van der Waals surface area contributed by atoms with Gasteiger partial charge in [0.2, 0.25) is 5.75 Å². The predicted octanol–water partition coefficient (Wildman–Crippen LogP) is 3.00. The molecule has 2 rings (SSSR count). The Morgan fingerprint density at radius 1 is 1.10 bits per heavy atom. The summed E-state index contributed by atoms with van der Waals surface area (Å²) in [7, 11) is 0. The number of hydrogen-bond acceptors (Lipinski definition) is 6. The number of nitrogens with zero attached hydrogens (tertiary/aromatic N) is 3. The van der Waals surface area contributed by atoms with E-state index in [0.29, 0.717) is 0 Å². The van der Waals surface area contributed by atoms with Gasteiger partial charge in [0.05, 0.1) is 9.85 Å². The van der Waals surface area contributed by atoms with Gasteiger partial charge in [-0.3, -0.25) is 20.2 Å². The maximum atomic E-state index is 10.9. The summed E-state index contributed by atoms with van der Waals surface area (Å²) in [5.41, 5.74) is 0.0861. The number of hydrogen-bond donors (Lipinski definition) is 0. The van der Waals surface area contributed by atoms with Gasteiger partial charge in [-0.25, -0.2) is 4.98 Å². The summed E-state index contributed by atoms with van der Waals surface area (Å²) < 4.78 is 5.25. The highest BCUT2D eigenvalue weighted by Gasteiger charge is 2.21. The van der Waals surface area contributed by atoms with E-state index in [2.05, 4.69) is 4.98 Å². The second-order valence-electron chi connectivity index (χ2n) is 3.92. The lowest BCUT2D eigenvalue weighted by Gasteiger charge is -2.06. The van der Waals surface area contributed by atoms with Crippen LogP contribution in [0.5, 0.6) is 11.6 Å². The van der Waals surface area contributed by atoms with Crippen LogP contribution in [0.2, 0.25) is 0 Å². The van der Waals surface area contributed by atoms with E-state index < -0.39 is 9.85 Å². The Balaban J connectivity index is 2.47. The van der Waals surface area contributed by atoms with E-state index in [4.69, 9.17) is 4.74 Å². The molecule has 8 heteroatoms. The monoisotopic (exact) mass is 275 g/mol. The van der Waals surface area contributed by atoms with Crippen LogP contribution in [-0.2, 0) is 0 Å². The number of nitro groups is 2. The van der Waals surface area contributed by atoms with Gasteiger partial charge in [0.25, 0.3) is 5.88 Å². The Morgan fingerprint density at radius 2 is 1.80 bits per heavy atom. The van der Waals surface area contributed by atoms with E-state index in [1.165, 1.54) is 30.5 Å². The van der Waals surface area contributed by atoms with Crippen molar-refractivity contribution in [3.8, 4) is 11.6 Å². The fraction of sp³-hybridized carbons (Fsp3) is 0.0833. The normalized spacial score (nSPS) is 10.1. The van der Waals surface area contributed by atoms with Crippen LogP contribution in [0.25, 0.3) is 0 Å². The van der Waals surface area contributed by atoms with Crippen LogP contribution < -0.4 is 4.74 Å². The highest BCUT2D eigenvalue weighted by Crippen LogP contribution is 2.34. The number of aryl methyl sites for hydroxylation is 1. The summed E-state index contributed by atoms with van der Waals surface area (Å²) in [6, 6.07) is 6.85. The quantitative estimate of drug-likeness (QED) is 0.626. The van der Waals surface area contributed by atoms with Crippen molar-refractivity contribution in [1.82, 2.24) is 4.98 Å². The first-order chi connectivity index (χ1) is 9.49. The first-order valence-corrected chi connectivity index (χ1v) is 5.51. The lowest BCUT2D eigenvalue weighted by Crippen LogP contribution is -1.98. The Morgan fingerprint density at radius 3 is 2.45 bits per heavy atom. The molecule has 0 aliphatic rings. The highest BCUT2D eigenvalue weighted by atomic mass is 16.6. The zero-order chi connectivity index (χ0) is 14.7. The molecule has 0 saturated heterocycles. The molecular weight excluding hydrogens is 266 g/mol. The molecule has 0 aliphatic carbocycles. The van der Waals surface area contributed by atoms with Crippen molar-refractivity contribution in [1.29, 1.82) is 0 Å². The van der Waals surface area contributed by atoms with Crippen LogP contribution in [0.4, 0.5) is 11.4 Å². The minimum absolute atomic E-state index is 0.0863. The van der Waals surface area contributed by atoms with E-state index >= 15 is 0 Å². The molecule has 0 radical (unpaired) electrons.